The summed E-state index contributed by atoms with van der Waals surface area (Å²) in [5.41, 5.74) is 1.78. The van der Waals surface area contributed by atoms with Crippen LogP contribution in [0.15, 0.2) is 42.6 Å². The molecule has 1 N–H and O–H groups in total. The number of aromatic nitrogens is 2. The molecule has 0 radical (unpaired) electrons. The molecular formula is C20H20F3N3. The predicted molar refractivity (Wildman–Crippen MR) is 95.9 cm³/mol. The van der Waals surface area contributed by atoms with Crippen LogP contribution < -0.4 is 0 Å². The fourth-order valence-corrected chi connectivity index (χ4v) is 3.65. The van der Waals surface area contributed by atoms with Crippen LogP contribution in [0.25, 0.3) is 22.3 Å². The molecule has 3 nitrogen and oxygen atoms in total. The zero-order valence-electron chi connectivity index (χ0n) is 17.0. The van der Waals surface area contributed by atoms with Gasteiger partial charge in [-0.1, -0.05) is 6.07 Å². The van der Waals surface area contributed by atoms with Gasteiger partial charge in [-0.2, -0.15) is 13.2 Å². The third kappa shape index (κ3) is 3.09. The van der Waals surface area contributed by atoms with Gasteiger partial charge in [0, 0.05) is 27.3 Å². The molecule has 0 spiro atoms. The van der Waals surface area contributed by atoms with E-state index in [9.17, 15) is 13.2 Å². The van der Waals surface area contributed by atoms with Gasteiger partial charge in [0.15, 0.2) is 0 Å². The summed E-state index contributed by atoms with van der Waals surface area (Å²) in [6, 6.07) is 8.71. The number of fused-ring (bicyclic) bond motifs is 1. The Morgan fingerprint density at radius 3 is 2.92 bits per heavy atom. The van der Waals surface area contributed by atoms with Crippen LogP contribution in [-0.4, -0.2) is 34.4 Å². The Balaban J connectivity index is 1.85. The first-order valence-corrected chi connectivity index (χ1v) is 8.54. The first-order valence-electron chi connectivity index (χ1n) is 10.0. The molecule has 2 aromatic heterocycles. The molecule has 1 aliphatic rings. The number of pyridine rings is 1. The van der Waals surface area contributed by atoms with Gasteiger partial charge in [-0.3, -0.25) is 4.98 Å². The van der Waals surface area contributed by atoms with Crippen molar-refractivity contribution in [2.75, 3.05) is 13.5 Å². The lowest BCUT2D eigenvalue weighted by Crippen LogP contribution is -2.26. The molecule has 136 valence electrons. The second-order valence-electron chi connectivity index (χ2n) is 6.65. The van der Waals surface area contributed by atoms with E-state index >= 15 is 0 Å². The molecule has 1 fully saturated rings. The highest BCUT2D eigenvalue weighted by Crippen LogP contribution is 2.36. The van der Waals surface area contributed by atoms with Crippen LogP contribution in [0.1, 0.15) is 28.1 Å². The highest BCUT2D eigenvalue weighted by Gasteiger charge is 2.32. The minimum Gasteiger partial charge on any atom is -0.353 e. The molecule has 3 aromatic rings. The Labute approximate surface area is 154 Å². The molecule has 0 bridgehead atoms. The van der Waals surface area contributed by atoms with Gasteiger partial charge in [0.05, 0.1) is 17.0 Å². The topological polar surface area (TPSA) is 31.9 Å². The van der Waals surface area contributed by atoms with Crippen LogP contribution in [0.5, 0.6) is 0 Å². The number of rotatable bonds is 3. The van der Waals surface area contributed by atoms with Crippen molar-refractivity contribution in [3.05, 3.63) is 53.7 Å². The summed E-state index contributed by atoms with van der Waals surface area (Å²) in [5.74, 6) is 0. The van der Waals surface area contributed by atoms with E-state index in [0.717, 1.165) is 18.6 Å². The maximum Gasteiger partial charge on any atom is 0.416 e. The number of nitrogens with one attached hydrogen (secondary N) is 1. The van der Waals surface area contributed by atoms with Crippen LogP contribution in [-0.2, 0) is 12.6 Å². The van der Waals surface area contributed by atoms with Crippen molar-refractivity contribution < 1.29 is 17.3 Å². The van der Waals surface area contributed by atoms with Crippen molar-refractivity contribution in [3.63, 3.8) is 0 Å². The summed E-state index contributed by atoms with van der Waals surface area (Å²) in [6.45, 7) is -1.77. The number of halogens is 3. The summed E-state index contributed by atoms with van der Waals surface area (Å²) in [7, 11) is 0. The fraction of sp³-hybridized carbons (Fsp3) is 0.350. The van der Waals surface area contributed by atoms with E-state index in [-0.39, 0.29) is 6.04 Å². The highest BCUT2D eigenvalue weighted by atomic mass is 19.4. The third-order valence-corrected chi connectivity index (χ3v) is 4.97. The van der Waals surface area contributed by atoms with Gasteiger partial charge in [-0.05, 0) is 68.7 Å². The molecule has 0 aliphatic carbocycles. The van der Waals surface area contributed by atoms with E-state index in [1.54, 1.807) is 18.3 Å². The van der Waals surface area contributed by atoms with Crippen LogP contribution in [0.3, 0.4) is 0 Å². The Hall–Kier alpha value is -2.34. The Morgan fingerprint density at radius 2 is 2.19 bits per heavy atom. The van der Waals surface area contributed by atoms with Crippen LogP contribution in [0, 0.1) is 0 Å². The molecule has 1 aliphatic heterocycles. The maximum absolute atomic E-state index is 13.3. The van der Waals surface area contributed by atoms with E-state index in [4.69, 9.17) is 4.11 Å². The number of aromatic amines is 1. The summed E-state index contributed by atoms with van der Waals surface area (Å²) >= 11 is 0. The highest BCUT2D eigenvalue weighted by molar-refractivity contribution is 5.91. The number of hydrogen-bond donors (Lipinski definition) is 1. The molecule has 0 amide bonds. The minimum absolute atomic E-state index is 0.265. The van der Waals surface area contributed by atoms with E-state index < -0.39 is 18.7 Å². The van der Waals surface area contributed by atoms with Crippen molar-refractivity contribution >= 4 is 10.9 Å². The van der Waals surface area contributed by atoms with Gasteiger partial charge in [-0.15, -0.1) is 0 Å². The summed E-state index contributed by atoms with van der Waals surface area (Å²) in [4.78, 5) is 9.01. The molecule has 1 atom stereocenters. The normalized spacial score (nSPS) is 20.9. The Kier molecular flexibility index (Phi) is 3.42. The van der Waals surface area contributed by atoms with E-state index in [2.05, 4.69) is 9.97 Å². The largest absolute Gasteiger partial charge is 0.416 e. The van der Waals surface area contributed by atoms with Crippen LogP contribution in [0.2, 0.25) is 0 Å². The van der Waals surface area contributed by atoms with Crippen molar-refractivity contribution in [1.29, 1.82) is 0 Å². The Bertz CT molecular complexity index is 1010. The van der Waals surface area contributed by atoms with E-state index in [0.29, 0.717) is 47.2 Å². The molecule has 1 aromatic carbocycles. The summed E-state index contributed by atoms with van der Waals surface area (Å²) < 4.78 is 63.2. The second kappa shape index (κ2) is 6.43. The number of nitrogens with zero attached hydrogens (tertiary/aromatic N) is 2. The number of H-pyrrole nitrogens is 1. The van der Waals surface area contributed by atoms with Gasteiger partial charge in [-0.25, -0.2) is 0 Å². The lowest BCUT2D eigenvalue weighted by molar-refractivity contribution is -0.137. The molecule has 26 heavy (non-hydrogen) atoms. The molecule has 6 heteroatoms. The van der Waals surface area contributed by atoms with Crippen molar-refractivity contribution in [2.45, 2.75) is 31.5 Å². The SMILES string of the molecule is [2H]C([2H])([2H])N1CCC[C@@H]1Cc1c(-c2ccccn2)[nH]c2ccc(C(F)(F)F)cc12. The van der Waals surface area contributed by atoms with Crippen molar-refractivity contribution in [1.82, 2.24) is 14.9 Å². The van der Waals surface area contributed by atoms with Gasteiger partial charge >= 0.3 is 6.18 Å². The van der Waals surface area contributed by atoms with Gasteiger partial charge < -0.3 is 9.88 Å². The van der Waals surface area contributed by atoms with Crippen LogP contribution in [0.4, 0.5) is 13.2 Å². The van der Waals surface area contributed by atoms with Crippen molar-refractivity contribution in [2.24, 2.45) is 0 Å². The number of alkyl halides is 3. The predicted octanol–water partition coefficient (Wildman–Crippen LogP) is 4.89. The molecule has 1 saturated heterocycles. The zero-order chi connectivity index (χ0) is 20.8. The maximum atomic E-state index is 13.3. The monoisotopic (exact) mass is 362 g/mol. The molecule has 3 heterocycles. The first kappa shape index (κ1) is 13.8. The molecule has 4 rings (SSSR count). The van der Waals surface area contributed by atoms with E-state index in [1.807, 2.05) is 6.07 Å². The second-order valence-corrected chi connectivity index (χ2v) is 6.65. The number of benzene rings is 1. The van der Waals surface area contributed by atoms with Gasteiger partial charge in [0.2, 0.25) is 0 Å². The van der Waals surface area contributed by atoms with Crippen molar-refractivity contribution in [3.8, 4) is 11.4 Å². The average Bonchev–Trinajstić information content (AvgIpc) is 3.26. The number of hydrogen-bond acceptors (Lipinski definition) is 2. The third-order valence-electron chi connectivity index (χ3n) is 4.97. The zero-order valence-corrected chi connectivity index (χ0v) is 14.0. The van der Waals surface area contributed by atoms with Gasteiger partial charge in [0.1, 0.15) is 0 Å². The average molecular weight is 362 g/mol. The number of likely N-dealkylation sites (tertiary alicyclic amines) is 1. The minimum atomic E-state index is -4.45. The smallest absolute Gasteiger partial charge is 0.353 e. The lowest BCUT2D eigenvalue weighted by atomic mass is 9.98. The molecular weight excluding hydrogens is 339 g/mol. The van der Waals surface area contributed by atoms with Gasteiger partial charge in [0.25, 0.3) is 0 Å². The fourth-order valence-electron chi connectivity index (χ4n) is 3.65. The molecule has 0 unspecified atom stereocenters. The summed E-state index contributed by atoms with van der Waals surface area (Å²) in [5, 5.41) is 0.456. The lowest BCUT2D eigenvalue weighted by Gasteiger charge is -2.20. The summed E-state index contributed by atoms with van der Waals surface area (Å²) in [6.07, 6.45) is -1.06. The first-order chi connectivity index (χ1) is 13.6. The quantitative estimate of drug-likeness (QED) is 0.720. The Morgan fingerprint density at radius 1 is 1.31 bits per heavy atom. The van der Waals surface area contributed by atoms with Crippen LogP contribution >= 0.6 is 0 Å². The number of likely N-dealkylation sites (N-methyl/N-ethyl adjacent to an activating group) is 1. The van der Waals surface area contributed by atoms with E-state index in [1.165, 1.54) is 11.0 Å². The standard InChI is InChI=1S/C20H20F3N3/c1-26-10-4-5-14(26)12-16-15-11-13(20(21,22)23)7-8-17(15)25-19(16)18-6-2-3-9-24-18/h2-3,6-9,11,14,25H,4-5,10,12H2,1H3/t14-/m1/s1/i1D3. The molecule has 0 saturated carbocycles.